The number of alkyl carbamates (subject to hydrolysis) is 1. The van der Waals surface area contributed by atoms with Crippen molar-refractivity contribution in [2.24, 2.45) is 0 Å². The maximum Gasteiger partial charge on any atom is 0.408 e. The highest BCUT2D eigenvalue weighted by molar-refractivity contribution is 5.92. The van der Waals surface area contributed by atoms with Crippen LogP contribution in [-0.4, -0.2) is 65.2 Å². The summed E-state index contributed by atoms with van der Waals surface area (Å²) < 4.78 is 23.8. The molecule has 0 spiro atoms. The van der Waals surface area contributed by atoms with Crippen molar-refractivity contribution in [3.05, 3.63) is 42.3 Å². The van der Waals surface area contributed by atoms with Crippen molar-refractivity contribution >= 4 is 17.9 Å². The Bertz CT molecular complexity index is 983. The number of carbonyl (C=O) groups excluding carboxylic acids is 3. The van der Waals surface area contributed by atoms with Gasteiger partial charge in [-0.2, -0.15) is 0 Å². The molecule has 3 rings (SSSR count). The predicted molar refractivity (Wildman–Crippen MR) is 123 cm³/mol. The third kappa shape index (κ3) is 7.29. The minimum absolute atomic E-state index is 0.0318. The second-order valence-electron chi connectivity index (χ2n) is 9.19. The zero-order chi connectivity index (χ0) is 24.7. The van der Waals surface area contributed by atoms with Gasteiger partial charge in [0, 0.05) is 12.1 Å². The van der Waals surface area contributed by atoms with E-state index < -0.39 is 23.9 Å². The fraction of sp³-hybridized carbons (Fsp3) is 0.500. The van der Waals surface area contributed by atoms with Gasteiger partial charge in [-0.15, -0.1) is 0 Å². The number of likely N-dealkylation sites (tertiary alicyclic amines) is 1. The van der Waals surface area contributed by atoms with Crippen LogP contribution in [0.1, 0.15) is 50.5 Å². The van der Waals surface area contributed by atoms with Crippen LogP contribution in [0.2, 0.25) is 0 Å². The number of nitrogens with one attached hydrogen (secondary N) is 2. The molecule has 1 aliphatic rings. The molecule has 2 aromatic rings. The van der Waals surface area contributed by atoms with Gasteiger partial charge in [0.25, 0.3) is 5.91 Å². The zero-order valence-electron chi connectivity index (χ0n) is 19.7. The summed E-state index contributed by atoms with van der Waals surface area (Å²) in [6.07, 6.45) is 1.04. The smallest absolute Gasteiger partial charge is 0.408 e. The van der Waals surface area contributed by atoms with Gasteiger partial charge in [0.2, 0.25) is 11.8 Å². The molecule has 1 aromatic carbocycles. The molecule has 0 bridgehead atoms. The molecule has 34 heavy (non-hydrogen) atoms. The van der Waals surface area contributed by atoms with E-state index >= 15 is 0 Å². The number of halogens is 1. The number of hydrogen-bond acceptors (Lipinski definition) is 6. The highest BCUT2D eigenvalue weighted by atomic mass is 19.1. The number of hydrogen-bond donors (Lipinski definition) is 2. The van der Waals surface area contributed by atoms with Gasteiger partial charge in [-0.3, -0.25) is 9.59 Å². The Hall–Kier alpha value is -3.43. The summed E-state index contributed by atoms with van der Waals surface area (Å²) in [7, 11) is 0. The fourth-order valence-corrected chi connectivity index (χ4v) is 3.39. The summed E-state index contributed by atoms with van der Waals surface area (Å²) in [5.74, 6) is -0.332. The molecule has 1 unspecified atom stereocenters. The average Bonchev–Trinajstić information content (AvgIpc) is 3.25. The molecule has 1 aliphatic heterocycles. The summed E-state index contributed by atoms with van der Waals surface area (Å²) in [4.78, 5) is 42.7. The van der Waals surface area contributed by atoms with E-state index in [0.29, 0.717) is 31.7 Å². The number of rotatable bonds is 9. The van der Waals surface area contributed by atoms with Crippen LogP contribution in [0.3, 0.4) is 0 Å². The average molecular weight is 475 g/mol. The third-order valence-electron chi connectivity index (χ3n) is 5.10. The van der Waals surface area contributed by atoms with E-state index in [2.05, 4.69) is 15.6 Å². The SMILES string of the molecule is CC(C)(C)OC(=O)NC(CCCCNC(=O)c1coc(-c2ccccc2)n1)C(=O)N1CC(F)C1. The van der Waals surface area contributed by atoms with Crippen LogP contribution in [0.4, 0.5) is 9.18 Å². The summed E-state index contributed by atoms with van der Waals surface area (Å²) in [6, 6.07) is 8.44. The van der Waals surface area contributed by atoms with Gasteiger partial charge >= 0.3 is 6.09 Å². The summed E-state index contributed by atoms with van der Waals surface area (Å²) in [5, 5.41) is 5.37. The van der Waals surface area contributed by atoms with E-state index in [9.17, 15) is 18.8 Å². The molecule has 0 saturated carbocycles. The molecule has 1 aromatic heterocycles. The van der Waals surface area contributed by atoms with Crippen molar-refractivity contribution in [2.75, 3.05) is 19.6 Å². The van der Waals surface area contributed by atoms with Gasteiger partial charge in [0.05, 0.1) is 13.1 Å². The van der Waals surface area contributed by atoms with Crippen molar-refractivity contribution in [1.82, 2.24) is 20.5 Å². The summed E-state index contributed by atoms with van der Waals surface area (Å²) in [5.41, 5.74) is 0.248. The lowest BCUT2D eigenvalue weighted by Crippen LogP contribution is -2.58. The maximum atomic E-state index is 13.2. The second kappa shape index (κ2) is 11.1. The Labute approximate surface area is 198 Å². The molecule has 2 N–H and O–H groups in total. The number of oxazole rings is 1. The summed E-state index contributed by atoms with van der Waals surface area (Å²) >= 11 is 0. The number of nitrogens with zero attached hydrogens (tertiary/aromatic N) is 2. The molecule has 3 amide bonds. The molecule has 0 radical (unpaired) electrons. The molecule has 0 aliphatic carbocycles. The molecular formula is C24H31FN4O5. The van der Waals surface area contributed by atoms with E-state index in [0.717, 1.165) is 5.56 Å². The second-order valence-corrected chi connectivity index (χ2v) is 9.19. The largest absolute Gasteiger partial charge is 0.444 e. The van der Waals surface area contributed by atoms with Crippen LogP contribution in [0.15, 0.2) is 41.0 Å². The van der Waals surface area contributed by atoms with Gasteiger partial charge < -0.3 is 24.7 Å². The van der Waals surface area contributed by atoms with Gasteiger partial charge in [-0.05, 0) is 52.2 Å². The third-order valence-corrected chi connectivity index (χ3v) is 5.10. The van der Waals surface area contributed by atoms with Crippen molar-refractivity contribution in [3.63, 3.8) is 0 Å². The minimum atomic E-state index is -1.03. The lowest BCUT2D eigenvalue weighted by molar-refractivity contribution is -0.140. The van der Waals surface area contributed by atoms with E-state index in [1.165, 1.54) is 11.2 Å². The first-order valence-corrected chi connectivity index (χ1v) is 11.3. The van der Waals surface area contributed by atoms with Crippen LogP contribution < -0.4 is 10.6 Å². The monoisotopic (exact) mass is 474 g/mol. The fourth-order valence-electron chi connectivity index (χ4n) is 3.39. The molecule has 184 valence electrons. The Morgan fingerprint density at radius 1 is 1.21 bits per heavy atom. The van der Waals surface area contributed by atoms with Crippen molar-refractivity contribution in [3.8, 4) is 11.5 Å². The minimum Gasteiger partial charge on any atom is -0.444 e. The number of benzene rings is 1. The number of amides is 3. The normalized spacial score (nSPS) is 14.8. The molecule has 1 saturated heterocycles. The first kappa shape index (κ1) is 25.2. The van der Waals surface area contributed by atoms with Crippen LogP contribution in [0, 0.1) is 0 Å². The lowest BCUT2D eigenvalue weighted by Gasteiger charge is -2.37. The number of aromatic nitrogens is 1. The van der Waals surface area contributed by atoms with Crippen LogP contribution in [0.5, 0.6) is 0 Å². The topological polar surface area (TPSA) is 114 Å². The van der Waals surface area contributed by atoms with Gasteiger partial charge in [-0.25, -0.2) is 14.2 Å². The van der Waals surface area contributed by atoms with Crippen molar-refractivity contribution in [2.45, 2.75) is 57.8 Å². The first-order chi connectivity index (χ1) is 16.1. The zero-order valence-corrected chi connectivity index (χ0v) is 19.7. The Kier molecular flexibility index (Phi) is 8.25. The summed E-state index contributed by atoms with van der Waals surface area (Å²) in [6.45, 7) is 5.61. The van der Waals surface area contributed by atoms with E-state index in [-0.39, 0.29) is 30.6 Å². The highest BCUT2D eigenvalue weighted by Crippen LogP contribution is 2.18. The first-order valence-electron chi connectivity index (χ1n) is 11.3. The molecule has 1 atom stereocenters. The number of unbranched alkanes of at least 4 members (excludes halogenated alkanes) is 1. The predicted octanol–water partition coefficient (Wildman–Crippen LogP) is 3.32. The number of ether oxygens (including phenoxy) is 1. The lowest BCUT2D eigenvalue weighted by atomic mass is 10.1. The maximum absolute atomic E-state index is 13.2. The van der Waals surface area contributed by atoms with Crippen LogP contribution in [-0.2, 0) is 9.53 Å². The molecule has 9 nitrogen and oxygen atoms in total. The molecule has 1 fully saturated rings. The highest BCUT2D eigenvalue weighted by Gasteiger charge is 2.35. The number of alkyl halides is 1. The Balaban J connectivity index is 1.45. The van der Waals surface area contributed by atoms with Gasteiger partial charge in [0.1, 0.15) is 24.1 Å². The molecule has 10 heteroatoms. The van der Waals surface area contributed by atoms with E-state index in [1.807, 2.05) is 30.3 Å². The Morgan fingerprint density at radius 3 is 2.56 bits per heavy atom. The van der Waals surface area contributed by atoms with Crippen LogP contribution >= 0.6 is 0 Å². The van der Waals surface area contributed by atoms with Crippen molar-refractivity contribution in [1.29, 1.82) is 0 Å². The van der Waals surface area contributed by atoms with Crippen LogP contribution in [0.25, 0.3) is 11.5 Å². The van der Waals surface area contributed by atoms with E-state index in [1.54, 1.807) is 20.8 Å². The van der Waals surface area contributed by atoms with Gasteiger partial charge in [-0.1, -0.05) is 18.2 Å². The molecular weight excluding hydrogens is 443 g/mol. The molecule has 2 heterocycles. The Morgan fingerprint density at radius 2 is 1.91 bits per heavy atom. The quantitative estimate of drug-likeness (QED) is 0.539. The number of carbonyl (C=O) groups is 3. The van der Waals surface area contributed by atoms with Gasteiger partial charge in [0.15, 0.2) is 5.69 Å². The van der Waals surface area contributed by atoms with E-state index in [4.69, 9.17) is 9.15 Å². The standard InChI is InChI=1S/C24H31FN4O5/c1-24(2,3)34-23(32)28-18(22(31)29-13-17(25)14-29)11-7-8-12-26-20(30)19-15-33-21(27-19)16-9-5-4-6-10-16/h4-6,9-10,15,17-18H,7-8,11-14H2,1-3H3,(H,26,30)(H,28,32). The van der Waals surface area contributed by atoms with Crippen molar-refractivity contribution < 1.29 is 27.9 Å².